The van der Waals surface area contributed by atoms with Gasteiger partial charge in [-0.3, -0.25) is 9.59 Å². The summed E-state index contributed by atoms with van der Waals surface area (Å²) in [7, 11) is 3.93. The second kappa shape index (κ2) is 9.79. The highest BCUT2D eigenvalue weighted by molar-refractivity contribution is 6.46. The van der Waals surface area contributed by atoms with Gasteiger partial charge in [-0.2, -0.15) is 0 Å². The zero-order valence-electron chi connectivity index (χ0n) is 18.6. The van der Waals surface area contributed by atoms with E-state index in [1.165, 1.54) is 0 Å². The summed E-state index contributed by atoms with van der Waals surface area (Å²) >= 11 is 0. The number of ether oxygens (including phenoxy) is 1. The van der Waals surface area contributed by atoms with Gasteiger partial charge < -0.3 is 19.6 Å². The highest BCUT2D eigenvalue weighted by Gasteiger charge is 2.45. The molecule has 0 saturated carbocycles. The first-order chi connectivity index (χ1) is 14.8. The second-order valence-corrected chi connectivity index (χ2v) is 8.02. The van der Waals surface area contributed by atoms with Crippen molar-refractivity contribution >= 4 is 17.4 Å². The van der Waals surface area contributed by atoms with Crippen LogP contribution in [0.2, 0.25) is 0 Å². The molecule has 1 aliphatic rings. The van der Waals surface area contributed by atoms with Gasteiger partial charge >= 0.3 is 0 Å². The highest BCUT2D eigenvalue weighted by atomic mass is 16.5. The average molecular weight is 423 g/mol. The third-order valence-corrected chi connectivity index (χ3v) is 5.35. The van der Waals surface area contributed by atoms with Crippen LogP contribution in [0.3, 0.4) is 0 Å². The van der Waals surface area contributed by atoms with Crippen molar-refractivity contribution in [3.63, 3.8) is 0 Å². The number of carbonyl (C=O) groups excluding carboxylic acids is 2. The van der Waals surface area contributed by atoms with E-state index in [1.807, 2.05) is 69.2 Å². The third kappa shape index (κ3) is 4.97. The summed E-state index contributed by atoms with van der Waals surface area (Å²) in [6.45, 7) is 5.56. The Morgan fingerprint density at radius 2 is 1.84 bits per heavy atom. The van der Waals surface area contributed by atoms with E-state index in [4.69, 9.17) is 4.74 Å². The minimum absolute atomic E-state index is 0.118. The molecular formula is C25H30N2O4. The number of hydrogen-bond acceptors (Lipinski definition) is 5. The number of benzene rings is 2. The molecule has 1 atom stereocenters. The van der Waals surface area contributed by atoms with Gasteiger partial charge in [0, 0.05) is 12.1 Å². The quantitative estimate of drug-likeness (QED) is 0.398. The molecule has 0 aromatic heterocycles. The molecule has 3 rings (SSSR count). The van der Waals surface area contributed by atoms with Crippen molar-refractivity contribution in [3.05, 3.63) is 70.8 Å². The van der Waals surface area contributed by atoms with E-state index >= 15 is 0 Å². The number of nitrogens with zero attached hydrogens (tertiary/aromatic N) is 2. The lowest BCUT2D eigenvalue weighted by Crippen LogP contribution is -2.32. The van der Waals surface area contributed by atoms with Crippen LogP contribution in [-0.4, -0.2) is 60.4 Å². The molecule has 2 aromatic rings. The maximum Gasteiger partial charge on any atom is 0.295 e. The molecule has 6 heteroatoms. The summed E-state index contributed by atoms with van der Waals surface area (Å²) in [5.41, 5.74) is 2.42. The van der Waals surface area contributed by atoms with Crippen LogP contribution in [-0.2, 0) is 9.59 Å². The summed E-state index contributed by atoms with van der Waals surface area (Å²) in [5.74, 6) is -0.733. The Morgan fingerprint density at radius 3 is 2.48 bits per heavy atom. The van der Waals surface area contributed by atoms with Crippen LogP contribution in [0, 0.1) is 6.92 Å². The topological polar surface area (TPSA) is 70.1 Å². The molecule has 31 heavy (non-hydrogen) atoms. The van der Waals surface area contributed by atoms with Crippen LogP contribution in [0.15, 0.2) is 54.1 Å². The number of rotatable bonds is 8. The molecule has 6 nitrogen and oxygen atoms in total. The first-order valence-electron chi connectivity index (χ1n) is 10.6. The fourth-order valence-corrected chi connectivity index (χ4v) is 3.82. The number of ketones is 1. The van der Waals surface area contributed by atoms with Gasteiger partial charge in [-0.25, -0.2) is 0 Å². The standard InChI is InChI=1S/C25H30N2O4/c1-5-31-20-9-6-8-19(16-20)22-21(23(28)18-12-10-17(2)11-13-18)24(29)25(30)27(22)15-7-14-26(3)4/h6,8-13,16,22,28H,5,7,14-15H2,1-4H3/b23-21-. The predicted octanol–water partition coefficient (Wildman–Crippen LogP) is 3.77. The molecule has 1 N–H and O–H groups in total. The molecular weight excluding hydrogens is 392 g/mol. The first-order valence-corrected chi connectivity index (χ1v) is 10.6. The third-order valence-electron chi connectivity index (χ3n) is 5.35. The normalized spacial score (nSPS) is 18.1. The van der Waals surface area contributed by atoms with E-state index in [0.29, 0.717) is 30.9 Å². The van der Waals surface area contributed by atoms with Crippen molar-refractivity contribution in [1.29, 1.82) is 0 Å². The molecule has 0 radical (unpaired) electrons. The Morgan fingerprint density at radius 1 is 1.13 bits per heavy atom. The number of aliphatic hydroxyl groups is 1. The van der Waals surface area contributed by atoms with Gasteiger partial charge in [0.2, 0.25) is 0 Å². The number of aryl methyl sites for hydroxylation is 1. The summed E-state index contributed by atoms with van der Waals surface area (Å²) in [6.07, 6.45) is 0.715. The molecule has 2 aromatic carbocycles. The zero-order chi connectivity index (χ0) is 22.5. The molecule has 1 fully saturated rings. The first kappa shape index (κ1) is 22.6. The van der Waals surface area contributed by atoms with Crippen molar-refractivity contribution < 1.29 is 19.4 Å². The van der Waals surface area contributed by atoms with Crippen LogP contribution in [0.4, 0.5) is 0 Å². The van der Waals surface area contributed by atoms with Gasteiger partial charge in [-0.15, -0.1) is 0 Å². The number of Topliss-reactive ketones (excluding diaryl/α,β-unsaturated/α-hetero) is 1. The van der Waals surface area contributed by atoms with Gasteiger partial charge in [-0.05, 0) is 58.6 Å². The minimum atomic E-state index is -0.663. The lowest BCUT2D eigenvalue weighted by Gasteiger charge is -2.26. The van der Waals surface area contributed by atoms with E-state index in [0.717, 1.165) is 17.7 Å². The second-order valence-electron chi connectivity index (χ2n) is 8.02. The number of carbonyl (C=O) groups is 2. The van der Waals surface area contributed by atoms with Crippen molar-refractivity contribution in [1.82, 2.24) is 9.80 Å². The average Bonchev–Trinajstić information content (AvgIpc) is 2.99. The SMILES string of the molecule is CCOc1cccc(C2/C(=C(/O)c3ccc(C)cc3)C(=O)C(=O)N2CCCN(C)C)c1. The van der Waals surface area contributed by atoms with Gasteiger partial charge in [0.15, 0.2) is 0 Å². The van der Waals surface area contributed by atoms with Gasteiger partial charge in [0.05, 0.1) is 18.2 Å². The smallest absolute Gasteiger partial charge is 0.295 e. The summed E-state index contributed by atoms with van der Waals surface area (Å²) in [6, 6.07) is 14.0. The van der Waals surface area contributed by atoms with E-state index in [-0.39, 0.29) is 11.3 Å². The molecule has 0 spiro atoms. The van der Waals surface area contributed by atoms with E-state index < -0.39 is 17.7 Å². The largest absolute Gasteiger partial charge is 0.507 e. The Balaban J connectivity index is 2.09. The Hall–Kier alpha value is -3.12. The molecule has 164 valence electrons. The monoisotopic (exact) mass is 422 g/mol. The van der Waals surface area contributed by atoms with Crippen molar-refractivity contribution in [3.8, 4) is 5.75 Å². The van der Waals surface area contributed by atoms with Gasteiger partial charge in [0.1, 0.15) is 11.5 Å². The van der Waals surface area contributed by atoms with E-state index in [9.17, 15) is 14.7 Å². The molecule has 0 bridgehead atoms. The van der Waals surface area contributed by atoms with Gasteiger partial charge in [-0.1, -0.05) is 42.0 Å². The predicted molar refractivity (Wildman–Crippen MR) is 121 cm³/mol. The number of aliphatic hydroxyl groups excluding tert-OH is 1. The number of likely N-dealkylation sites (tertiary alicyclic amines) is 1. The van der Waals surface area contributed by atoms with Crippen LogP contribution >= 0.6 is 0 Å². The maximum atomic E-state index is 13.0. The van der Waals surface area contributed by atoms with Crippen molar-refractivity contribution in [2.75, 3.05) is 33.8 Å². The highest BCUT2D eigenvalue weighted by Crippen LogP contribution is 2.40. The van der Waals surface area contributed by atoms with E-state index in [1.54, 1.807) is 17.0 Å². The Kier molecular flexibility index (Phi) is 7.13. The fraction of sp³-hybridized carbons (Fsp3) is 0.360. The Labute approximate surface area is 183 Å². The van der Waals surface area contributed by atoms with Crippen molar-refractivity contribution in [2.24, 2.45) is 0 Å². The lowest BCUT2D eigenvalue weighted by atomic mass is 9.95. The summed E-state index contributed by atoms with van der Waals surface area (Å²) < 4.78 is 5.63. The molecule has 1 heterocycles. The molecule has 1 saturated heterocycles. The Bertz CT molecular complexity index is 979. The molecule has 1 unspecified atom stereocenters. The molecule has 1 amide bonds. The minimum Gasteiger partial charge on any atom is -0.507 e. The zero-order valence-corrected chi connectivity index (χ0v) is 18.6. The molecule has 1 aliphatic heterocycles. The number of amides is 1. The van der Waals surface area contributed by atoms with Crippen LogP contribution < -0.4 is 4.74 Å². The van der Waals surface area contributed by atoms with E-state index in [2.05, 4.69) is 0 Å². The summed E-state index contributed by atoms with van der Waals surface area (Å²) in [5, 5.41) is 11.1. The summed E-state index contributed by atoms with van der Waals surface area (Å²) in [4.78, 5) is 29.6. The van der Waals surface area contributed by atoms with Gasteiger partial charge in [0.25, 0.3) is 11.7 Å². The number of hydrogen-bond donors (Lipinski definition) is 1. The lowest BCUT2D eigenvalue weighted by molar-refractivity contribution is -0.139. The van der Waals surface area contributed by atoms with Crippen LogP contribution in [0.25, 0.3) is 5.76 Å². The maximum absolute atomic E-state index is 13.0. The fourth-order valence-electron chi connectivity index (χ4n) is 3.82. The molecule has 0 aliphatic carbocycles. The van der Waals surface area contributed by atoms with Crippen LogP contribution in [0.5, 0.6) is 5.75 Å². The van der Waals surface area contributed by atoms with Crippen molar-refractivity contribution in [2.45, 2.75) is 26.3 Å². The van der Waals surface area contributed by atoms with Crippen LogP contribution in [0.1, 0.15) is 36.1 Å².